The van der Waals surface area contributed by atoms with Gasteiger partial charge < -0.3 is 20.1 Å². The molecule has 0 aliphatic rings. The van der Waals surface area contributed by atoms with Crippen molar-refractivity contribution in [2.75, 3.05) is 13.7 Å². The maximum atomic E-state index is 12.6. The van der Waals surface area contributed by atoms with Crippen molar-refractivity contribution in [1.82, 2.24) is 15.6 Å². The molecule has 0 radical (unpaired) electrons. The van der Waals surface area contributed by atoms with Gasteiger partial charge in [0.05, 0.1) is 20.2 Å². The summed E-state index contributed by atoms with van der Waals surface area (Å²) in [6, 6.07) is 4.51. The molecule has 1 aromatic carbocycles. The Balaban J connectivity index is 2.05. The maximum absolute atomic E-state index is 12.6. The summed E-state index contributed by atoms with van der Waals surface area (Å²) in [7, 11) is 1.33. The molecular formula is C17H19F5N4O2S. The molecule has 0 spiro atoms. The Morgan fingerprint density at radius 1 is 1.24 bits per heavy atom. The largest absolute Gasteiger partial charge is 0.493 e. The van der Waals surface area contributed by atoms with Crippen LogP contribution in [0, 0.1) is 0 Å². The van der Waals surface area contributed by atoms with Gasteiger partial charge in [-0.3, -0.25) is 0 Å². The Hall–Kier alpha value is -2.63. The van der Waals surface area contributed by atoms with Crippen LogP contribution < -0.4 is 20.1 Å². The summed E-state index contributed by atoms with van der Waals surface area (Å²) >= 11 is 0.885. The van der Waals surface area contributed by atoms with Crippen LogP contribution in [0.25, 0.3) is 0 Å². The first-order chi connectivity index (χ1) is 13.7. The van der Waals surface area contributed by atoms with Gasteiger partial charge in [0.15, 0.2) is 23.2 Å². The first kappa shape index (κ1) is 22.7. The number of aromatic nitrogens is 1. The van der Waals surface area contributed by atoms with E-state index in [4.69, 9.17) is 4.74 Å². The lowest BCUT2D eigenvalue weighted by Crippen LogP contribution is -2.36. The van der Waals surface area contributed by atoms with Gasteiger partial charge in [-0.05, 0) is 24.6 Å². The van der Waals surface area contributed by atoms with Crippen molar-refractivity contribution >= 4 is 17.3 Å². The van der Waals surface area contributed by atoms with Crippen LogP contribution >= 0.6 is 11.3 Å². The van der Waals surface area contributed by atoms with Gasteiger partial charge in [-0.25, -0.2) is 9.98 Å². The normalized spacial score (nSPS) is 12.2. The average Bonchev–Trinajstić information content (AvgIpc) is 3.13. The number of alkyl halides is 5. The molecule has 29 heavy (non-hydrogen) atoms. The standard InChI is InChI=1S/C17H19F5N4O2S/c1-3-23-16(25-8-14-26-13(9-29-14)17(20,21)22)24-7-10-4-5-11(27-2)12(6-10)28-15(18)19/h4-6,9,15H,3,7-8H2,1-2H3,(H2,23,24,25). The molecule has 1 aromatic heterocycles. The molecule has 6 nitrogen and oxygen atoms in total. The minimum absolute atomic E-state index is 0.0505. The molecule has 2 rings (SSSR count). The van der Waals surface area contributed by atoms with Gasteiger partial charge in [0.1, 0.15) is 5.01 Å². The van der Waals surface area contributed by atoms with Gasteiger partial charge in [0.25, 0.3) is 0 Å². The van der Waals surface area contributed by atoms with Gasteiger partial charge in [0.2, 0.25) is 0 Å². The number of guanidine groups is 1. The number of rotatable bonds is 8. The van der Waals surface area contributed by atoms with Gasteiger partial charge in [0, 0.05) is 11.9 Å². The number of benzene rings is 1. The van der Waals surface area contributed by atoms with Crippen molar-refractivity contribution in [2.24, 2.45) is 4.99 Å². The Morgan fingerprint density at radius 3 is 2.59 bits per heavy atom. The number of nitrogens with one attached hydrogen (secondary N) is 2. The second-order valence-corrected chi connectivity index (χ2v) is 6.48. The maximum Gasteiger partial charge on any atom is 0.434 e. The number of ether oxygens (including phenoxy) is 2. The zero-order valence-corrected chi connectivity index (χ0v) is 16.3. The predicted molar refractivity (Wildman–Crippen MR) is 98.4 cm³/mol. The number of halogens is 5. The number of nitrogens with zero attached hydrogens (tertiary/aromatic N) is 2. The van der Waals surface area contributed by atoms with Crippen LogP contribution in [0.5, 0.6) is 11.5 Å². The van der Waals surface area contributed by atoms with Crippen molar-refractivity contribution in [2.45, 2.75) is 32.8 Å². The van der Waals surface area contributed by atoms with E-state index in [1.54, 1.807) is 6.07 Å². The quantitative estimate of drug-likeness (QED) is 0.370. The number of aliphatic imine (C=N–C) groups is 1. The highest BCUT2D eigenvalue weighted by atomic mass is 32.1. The van der Waals surface area contributed by atoms with Crippen LogP contribution in [-0.4, -0.2) is 31.2 Å². The highest BCUT2D eigenvalue weighted by Crippen LogP contribution is 2.30. The first-order valence-corrected chi connectivity index (χ1v) is 9.26. The van der Waals surface area contributed by atoms with E-state index in [2.05, 4.69) is 25.3 Å². The van der Waals surface area contributed by atoms with Crippen molar-refractivity contribution in [3.8, 4) is 11.5 Å². The summed E-state index contributed by atoms with van der Waals surface area (Å²) in [5.74, 6) is 0.381. The van der Waals surface area contributed by atoms with Crippen molar-refractivity contribution in [3.63, 3.8) is 0 Å². The summed E-state index contributed by atoms with van der Waals surface area (Å²) in [5, 5.41) is 7.03. The third-order valence-electron chi connectivity index (χ3n) is 3.46. The summed E-state index contributed by atoms with van der Waals surface area (Å²) in [5.41, 5.74) is -0.363. The molecule has 160 valence electrons. The van der Waals surface area contributed by atoms with E-state index in [0.29, 0.717) is 18.1 Å². The highest BCUT2D eigenvalue weighted by Gasteiger charge is 2.33. The smallest absolute Gasteiger partial charge is 0.434 e. The van der Waals surface area contributed by atoms with Crippen molar-refractivity contribution in [1.29, 1.82) is 0 Å². The zero-order chi connectivity index (χ0) is 21.4. The first-order valence-electron chi connectivity index (χ1n) is 8.38. The van der Waals surface area contributed by atoms with Gasteiger partial charge in [-0.1, -0.05) is 6.07 Å². The van der Waals surface area contributed by atoms with E-state index in [0.717, 1.165) is 16.7 Å². The van der Waals surface area contributed by atoms with Crippen LogP contribution in [0.4, 0.5) is 22.0 Å². The SMILES string of the molecule is CCNC(=NCc1ccc(OC)c(OC(F)F)c1)NCc1nc(C(F)(F)F)cs1. The molecular weight excluding hydrogens is 419 g/mol. The number of thiazole rings is 1. The van der Waals surface area contributed by atoms with Crippen LogP contribution in [0.15, 0.2) is 28.6 Å². The molecule has 0 unspecified atom stereocenters. The molecule has 0 amide bonds. The summed E-state index contributed by atoms with van der Waals surface area (Å²) in [6.07, 6.45) is -4.49. The van der Waals surface area contributed by atoms with E-state index in [9.17, 15) is 22.0 Å². The summed E-state index contributed by atoms with van der Waals surface area (Å²) in [6.45, 7) is -0.495. The molecule has 12 heteroatoms. The predicted octanol–water partition coefficient (Wildman–Crippen LogP) is 4.03. The Kier molecular flexibility index (Phi) is 8.00. The van der Waals surface area contributed by atoms with E-state index in [-0.39, 0.29) is 29.6 Å². The molecule has 0 saturated carbocycles. The van der Waals surface area contributed by atoms with Crippen LogP contribution in [0.2, 0.25) is 0 Å². The van der Waals surface area contributed by atoms with Gasteiger partial charge >= 0.3 is 12.8 Å². The molecule has 2 N–H and O–H groups in total. The lowest BCUT2D eigenvalue weighted by atomic mass is 10.2. The fraction of sp³-hybridized carbons (Fsp3) is 0.412. The monoisotopic (exact) mass is 438 g/mol. The molecule has 0 saturated heterocycles. The highest BCUT2D eigenvalue weighted by molar-refractivity contribution is 7.09. The van der Waals surface area contributed by atoms with Crippen LogP contribution in [0.3, 0.4) is 0 Å². The number of hydrogen-bond donors (Lipinski definition) is 2. The number of methoxy groups -OCH3 is 1. The molecule has 0 aliphatic heterocycles. The third-order valence-corrected chi connectivity index (χ3v) is 4.31. The van der Waals surface area contributed by atoms with Crippen molar-refractivity contribution < 1.29 is 31.4 Å². The fourth-order valence-electron chi connectivity index (χ4n) is 2.20. The Labute approximate surface area is 167 Å². The fourth-order valence-corrected chi connectivity index (χ4v) is 2.94. The van der Waals surface area contributed by atoms with E-state index < -0.39 is 18.5 Å². The van der Waals surface area contributed by atoms with Crippen molar-refractivity contribution in [3.05, 3.63) is 39.8 Å². The lowest BCUT2D eigenvalue weighted by Gasteiger charge is -2.12. The lowest BCUT2D eigenvalue weighted by molar-refractivity contribution is -0.140. The second-order valence-electron chi connectivity index (χ2n) is 5.54. The molecule has 0 atom stereocenters. The summed E-state index contributed by atoms with van der Waals surface area (Å²) < 4.78 is 72.3. The van der Waals surface area contributed by atoms with Gasteiger partial charge in [-0.15, -0.1) is 11.3 Å². The van der Waals surface area contributed by atoms with E-state index in [1.807, 2.05) is 6.92 Å². The molecule has 0 aliphatic carbocycles. The van der Waals surface area contributed by atoms with Gasteiger partial charge in [-0.2, -0.15) is 22.0 Å². The van der Waals surface area contributed by atoms with Crippen LogP contribution in [0.1, 0.15) is 23.2 Å². The molecule has 0 fully saturated rings. The molecule has 0 bridgehead atoms. The minimum Gasteiger partial charge on any atom is -0.493 e. The van der Waals surface area contributed by atoms with E-state index in [1.165, 1.54) is 19.2 Å². The summed E-state index contributed by atoms with van der Waals surface area (Å²) in [4.78, 5) is 7.83. The zero-order valence-electron chi connectivity index (χ0n) is 15.5. The average molecular weight is 438 g/mol. The molecule has 1 heterocycles. The second kappa shape index (κ2) is 10.2. The Morgan fingerprint density at radius 2 is 2.00 bits per heavy atom. The Bertz CT molecular complexity index is 826. The molecule has 2 aromatic rings. The number of hydrogen-bond acceptors (Lipinski definition) is 5. The van der Waals surface area contributed by atoms with Crippen LogP contribution in [-0.2, 0) is 19.3 Å². The topological polar surface area (TPSA) is 67.8 Å². The van der Waals surface area contributed by atoms with E-state index >= 15 is 0 Å². The minimum atomic E-state index is -4.49. The third kappa shape index (κ3) is 7.04.